The predicted molar refractivity (Wildman–Crippen MR) is 75.9 cm³/mol. The van der Waals surface area contributed by atoms with Crippen molar-refractivity contribution in [2.75, 3.05) is 13.2 Å². The van der Waals surface area contributed by atoms with E-state index in [9.17, 15) is 18.0 Å². The number of amides is 1. The molecule has 8 heteroatoms. The first kappa shape index (κ1) is 18.3. The average molecular weight is 339 g/mol. The molecule has 2 fully saturated rings. The summed E-state index contributed by atoms with van der Waals surface area (Å²) in [5, 5.41) is 0. The number of carbonyl (C=O) groups excluding carboxylic acids is 1. The lowest BCUT2D eigenvalue weighted by molar-refractivity contribution is -0.190. The highest BCUT2D eigenvalue weighted by Crippen LogP contribution is 2.35. The average Bonchev–Trinajstić information content (AvgIpc) is 2.82. The lowest BCUT2D eigenvalue weighted by Gasteiger charge is -2.29. The Balaban J connectivity index is 2.02. The monoisotopic (exact) mass is 339 g/mol. The summed E-state index contributed by atoms with van der Waals surface area (Å²) in [6, 6.07) is -1.88. The van der Waals surface area contributed by atoms with Gasteiger partial charge in [-0.1, -0.05) is 0 Å². The Bertz CT molecular complexity index is 416. The van der Waals surface area contributed by atoms with E-state index in [1.54, 1.807) is 20.8 Å². The van der Waals surface area contributed by atoms with Crippen LogP contribution in [0, 0.1) is 0 Å². The van der Waals surface area contributed by atoms with Crippen molar-refractivity contribution in [3.8, 4) is 0 Å². The molecule has 0 aliphatic carbocycles. The van der Waals surface area contributed by atoms with Gasteiger partial charge in [0.05, 0.1) is 12.6 Å². The first-order valence-corrected chi connectivity index (χ1v) is 7.89. The fourth-order valence-corrected chi connectivity index (χ4v) is 2.76. The number of rotatable bonds is 2. The second-order valence-corrected chi connectivity index (χ2v) is 6.98. The summed E-state index contributed by atoms with van der Waals surface area (Å²) in [5.74, 6) is 0. The van der Waals surface area contributed by atoms with E-state index < -0.39 is 36.3 Å². The molecule has 134 valence electrons. The number of hydrogen-bond acceptors (Lipinski definition) is 4. The van der Waals surface area contributed by atoms with Gasteiger partial charge in [0, 0.05) is 13.0 Å². The summed E-state index contributed by atoms with van der Waals surface area (Å²) >= 11 is 0. The highest BCUT2D eigenvalue weighted by molar-refractivity contribution is 5.69. The van der Waals surface area contributed by atoms with Crippen LogP contribution >= 0.6 is 0 Å². The molecule has 0 spiro atoms. The third kappa shape index (κ3) is 5.24. The summed E-state index contributed by atoms with van der Waals surface area (Å²) in [5.41, 5.74) is -0.849. The first-order valence-electron chi connectivity index (χ1n) is 7.89. The van der Waals surface area contributed by atoms with Crippen LogP contribution in [0.2, 0.25) is 0 Å². The zero-order chi connectivity index (χ0) is 17.3. The van der Waals surface area contributed by atoms with Gasteiger partial charge >= 0.3 is 12.3 Å². The number of carbonyl (C=O) groups is 1. The van der Waals surface area contributed by atoms with Gasteiger partial charge < -0.3 is 14.2 Å². The summed E-state index contributed by atoms with van der Waals surface area (Å²) < 4.78 is 55.8. The molecule has 5 nitrogen and oxygen atoms in total. The summed E-state index contributed by atoms with van der Waals surface area (Å²) in [6.45, 7) is 5.27. The van der Waals surface area contributed by atoms with Gasteiger partial charge in [-0.3, -0.25) is 4.90 Å². The number of nitrogens with zero attached hydrogens (tertiary/aromatic N) is 1. The summed E-state index contributed by atoms with van der Waals surface area (Å²) in [7, 11) is 0. The minimum Gasteiger partial charge on any atom is -0.444 e. The van der Waals surface area contributed by atoms with Crippen LogP contribution in [0.1, 0.15) is 46.5 Å². The Morgan fingerprint density at radius 1 is 1.22 bits per heavy atom. The maximum absolute atomic E-state index is 13.2. The molecule has 0 aromatic carbocycles. The smallest absolute Gasteiger partial charge is 0.410 e. The molecule has 3 atom stereocenters. The second kappa shape index (κ2) is 6.84. The normalized spacial score (nSPS) is 29.7. The quantitative estimate of drug-likeness (QED) is 0.773. The van der Waals surface area contributed by atoms with Crippen molar-refractivity contribution >= 4 is 6.09 Å². The number of likely N-dealkylation sites (tertiary alicyclic amines) is 1. The van der Waals surface area contributed by atoms with Crippen molar-refractivity contribution in [1.82, 2.24) is 4.90 Å². The van der Waals surface area contributed by atoms with Gasteiger partial charge in [-0.25, -0.2) is 4.79 Å². The largest absolute Gasteiger partial charge is 0.444 e. The fraction of sp³-hybridized carbons (Fsp3) is 0.933. The lowest BCUT2D eigenvalue weighted by atomic mass is 10.1. The minimum absolute atomic E-state index is 0.140. The van der Waals surface area contributed by atoms with Crippen LogP contribution in [0.25, 0.3) is 0 Å². The van der Waals surface area contributed by atoms with Crippen molar-refractivity contribution in [2.45, 2.75) is 76.7 Å². The van der Waals surface area contributed by atoms with E-state index in [-0.39, 0.29) is 13.0 Å². The van der Waals surface area contributed by atoms with E-state index in [4.69, 9.17) is 14.2 Å². The molecular formula is C15H24F3NO4. The van der Waals surface area contributed by atoms with Crippen molar-refractivity contribution in [2.24, 2.45) is 0 Å². The Morgan fingerprint density at radius 2 is 1.91 bits per heavy atom. The van der Waals surface area contributed by atoms with Crippen molar-refractivity contribution in [3.63, 3.8) is 0 Å². The molecule has 2 saturated heterocycles. The molecule has 2 aliphatic rings. The zero-order valence-electron chi connectivity index (χ0n) is 13.7. The summed E-state index contributed by atoms with van der Waals surface area (Å²) in [4.78, 5) is 12.8. The number of halogens is 3. The van der Waals surface area contributed by atoms with Crippen LogP contribution < -0.4 is 0 Å². The van der Waals surface area contributed by atoms with Crippen molar-refractivity contribution in [1.29, 1.82) is 0 Å². The van der Waals surface area contributed by atoms with E-state index in [2.05, 4.69) is 0 Å². The molecule has 2 rings (SSSR count). The van der Waals surface area contributed by atoms with E-state index >= 15 is 0 Å². The second-order valence-electron chi connectivity index (χ2n) is 6.98. The van der Waals surface area contributed by atoms with E-state index in [0.717, 1.165) is 17.7 Å². The van der Waals surface area contributed by atoms with Crippen LogP contribution in [0.15, 0.2) is 0 Å². The van der Waals surface area contributed by atoms with Crippen molar-refractivity contribution in [3.05, 3.63) is 0 Å². The molecule has 0 bridgehead atoms. The molecule has 1 amide bonds. The van der Waals surface area contributed by atoms with Gasteiger partial charge in [0.2, 0.25) is 0 Å². The maximum atomic E-state index is 13.2. The lowest BCUT2D eigenvalue weighted by Crippen LogP contribution is -2.46. The number of alkyl halides is 3. The Hall–Kier alpha value is -1.02. The van der Waals surface area contributed by atoms with Gasteiger partial charge in [0.25, 0.3) is 0 Å². The van der Waals surface area contributed by atoms with Crippen LogP contribution in [-0.4, -0.2) is 54.4 Å². The van der Waals surface area contributed by atoms with Crippen LogP contribution in [0.4, 0.5) is 18.0 Å². The van der Waals surface area contributed by atoms with Gasteiger partial charge in [0.15, 0.2) is 6.29 Å². The maximum Gasteiger partial charge on any atom is 0.410 e. The van der Waals surface area contributed by atoms with Gasteiger partial charge in [-0.2, -0.15) is 13.2 Å². The van der Waals surface area contributed by atoms with Gasteiger partial charge in [0.1, 0.15) is 11.6 Å². The van der Waals surface area contributed by atoms with Gasteiger partial charge in [-0.15, -0.1) is 0 Å². The standard InChI is InChI=1S/C15H24F3NO4/c1-14(2,3)23-13(20)19-9-10(8-11(19)15(16,17)18)22-12-6-4-5-7-21-12/h10-12H,4-9H2,1-3H3/t10-,11-,12?/m0/s1. The van der Waals surface area contributed by atoms with Crippen LogP contribution in [-0.2, 0) is 14.2 Å². The van der Waals surface area contributed by atoms with E-state index in [0.29, 0.717) is 13.0 Å². The van der Waals surface area contributed by atoms with E-state index in [1.807, 2.05) is 0 Å². The number of hydrogen-bond donors (Lipinski definition) is 0. The predicted octanol–water partition coefficient (Wildman–Crippen LogP) is 3.47. The minimum atomic E-state index is -4.51. The molecular weight excluding hydrogens is 315 g/mol. The SMILES string of the molecule is CC(C)(C)OC(=O)N1C[C@@H](OC2CCCCO2)C[C@H]1C(F)(F)F. The van der Waals surface area contributed by atoms with E-state index in [1.165, 1.54) is 0 Å². The van der Waals surface area contributed by atoms with Crippen molar-refractivity contribution < 1.29 is 32.2 Å². The molecule has 0 radical (unpaired) electrons. The molecule has 0 aromatic heterocycles. The van der Waals surface area contributed by atoms with Crippen LogP contribution in [0.5, 0.6) is 0 Å². The van der Waals surface area contributed by atoms with Crippen LogP contribution in [0.3, 0.4) is 0 Å². The number of ether oxygens (including phenoxy) is 3. The first-order chi connectivity index (χ1) is 10.6. The molecule has 2 heterocycles. The molecule has 0 saturated carbocycles. The highest BCUT2D eigenvalue weighted by Gasteiger charge is 2.52. The Kier molecular flexibility index (Phi) is 5.45. The fourth-order valence-electron chi connectivity index (χ4n) is 2.76. The molecule has 0 N–H and O–H groups in total. The topological polar surface area (TPSA) is 48.0 Å². The molecule has 0 aromatic rings. The highest BCUT2D eigenvalue weighted by atomic mass is 19.4. The summed E-state index contributed by atoms with van der Waals surface area (Å²) in [6.07, 6.45) is -4.42. The molecule has 23 heavy (non-hydrogen) atoms. The zero-order valence-corrected chi connectivity index (χ0v) is 13.7. The third-order valence-corrected chi connectivity index (χ3v) is 3.75. The van der Waals surface area contributed by atoms with Gasteiger partial charge in [-0.05, 0) is 40.0 Å². The molecule has 2 aliphatic heterocycles. The Labute approximate surface area is 134 Å². The Morgan fingerprint density at radius 3 is 2.43 bits per heavy atom. The molecule has 1 unspecified atom stereocenters. The third-order valence-electron chi connectivity index (χ3n) is 3.75.